The molecule has 0 spiro atoms. The number of ketones is 1. The zero-order valence-electron chi connectivity index (χ0n) is 13.6. The predicted octanol–water partition coefficient (Wildman–Crippen LogP) is 3.69. The summed E-state index contributed by atoms with van der Waals surface area (Å²) >= 11 is 0. The number of carbonyl (C=O) groups excluding carboxylic acids is 2. The number of alkyl halides is 3. The third-order valence-corrected chi connectivity index (χ3v) is 5.14. The van der Waals surface area contributed by atoms with Crippen LogP contribution in [0.4, 0.5) is 13.2 Å². The van der Waals surface area contributed by atoms with Gasteiger partial charge in [-0.1, -0.05) is 6.42 Å². The fourth-order valence-corrected chi connectivity index (χ4v) is 3.88. The van der Waals surface area contributed by atoms with Gasteiger partial charge in [-0.3, -0.25) is 9.59 Å². The van der Waals surface area contributed by atoms with E-state index in [9.17, 15) is 22.8 Å². The minimum Gasteiger partial charge on any atom is -0.354 e. The Morgan fingerprint density at radius 1 is 1.21 bits per heavy atom. The number of aryl methyl sites for hydroxylation is 1. The molecule has 2 N–H and O–H groups in total. The second-order valence-electron chi connectivity index (χ2n) is 6.83. The van der Waals surface area contributed by atoms with Crippen molar-refractivity contribution in [3.05, 3.63) is 22.5 Å². The molecule has 132 valence electrons. The zero-order chi connectivity index (χ0) is 17.5. The molecule has 2 atom stereocenters. The molecule has 3 rings (SSSR count). The van der Waals surface area contributed by atoms with Gasteiger partial charge in [0.2, 0.25) is 0 Å². The fourth-order valence-electron chi connectivity index (χ4n) is 3.88. The SMILES string of the molecule is Cc1c(C(=O)N[C@H]2CCC[C@H](C(F)(F)F)C2)[nH]c2c1C(=O)CCC2. The Morgan fingerprint density at radius 3 is 2.62 bits per heavy atom. The molecule has 1 fully saturated rings. The molecule has 1 saturated carbocycles. The first kappa shape index (κ1) is 17.0. The maximum absolute atomic E-state index is 12.9. The number of halogens is 3. The normalized spacial score (nSPS) is 24.6. The van der Waals surface area contributed by atoms with Crippen molar-refractivity contribution in [3.8, 4) is 0 Å². The van der Waals surface area contributed by atoms with Crippen LogP contribution in [0, 0.1) is 12.8 Å². The lowest BCUT2D eigenvalue weighted by molar-refractivity contribution is -0.183. The van der Waals surface area contributed by atoms with Crippen molar-refractivity contribution in [2.75, 3.05) is 0 Å². The lowest BCUT2D eigenvalue weighted by Gasteiger charge is -2.31. The van der Waals surface area contributed by atoms with Gasteiger partial charge in [0.1, 0.15) is 5.69 Å². The van der Waals surface area contributed by atoms with Crippen molar-refractivity contribution < 1.29 is 22.8 Å². The Morgan fingerprint density at radius 2 is 1.96 bits per heavy atom. The Balaban J connectivity index is 1.73. The highest BCUT2D eigenvalue weighted by Crippen LogP contribution is 2.37. The number of rotatable bonds is 2. The van der Waals surface area contributed by atoms with E-state index in [0.717, 1.165) is 18.5 Å². The highest BCUT2D eigenvalue weighted by Gasteiger charge is 2.42. The predicted molar refractivity (Wildman–Crippen MR) is 82.1 cm³/mol. The number of carbonyl (C=O) groups is 2. The van der Waals surface area contributed by atoms with Gasteiger partial charge in [-0.05, 0) is 44.6 Å². The van der Waals surface area contributed by atoms with Gasteiger partial charge in [0.15, 0.2) is 5.78 Å². The second-order valence-corrected chi connectivity index (χ2v) is 6.83. The molecule has 7 heteroatoms. The first-order valence-corrected chi connectivity index (χ1v) is 8.39. The summed E-state index contributed by atoms with van der Waals surface area (Å²) in [4.78, 5) is 27.5. The van der Waals surface area contributed by atoms with Gasteiger partial charge >= 0.3 is 6.18 Å². The average Bonchev–Trinajstić information content (AvgIpc) is 2.85. The molecular weight excluding hydrogens is 321 g/mol. The molecule has 0 saturated heterocycles. The van der Waals surface area contributed by atoms with E-state index in [0.29, 0.717) is 36.1 Å². The van der Waals surface area contributed by atoms with E-state index >= 15 is 0 Å². The molecule has 1 heterocycles. The van der Waals surface area contributed by atoms with Crippen molar-refractivity contribution in [1.29, 1.82) is 0 Å². The van der Waals surface area contributed by atoms with Crippen LogP contribution in [0.5, 0.6) is 0 Å². The van der Waals surface area contributed by atoms with E-state index in [2.05, 4.69) is 10.3 Å². The van der Waals surface area contributed by atoms with Crippen LogP contribution in [0.25, 0.3) is 0 Å². The topological polar surface area (TPSA) is 62.0 Å². The fraction of sp³-hybridized carbons (Fsp3) is 0.647. The van der Waals surface area contributed by atoms with Crippen LogP contribution in [0.2, 0.25) is 0 Å². The number of fused-ring (bicyclic) bond motifs is 1. The second kappa shape index (κ2) is 6.26. The van der Waals surface area contributed by atoms with Crippen LogP contribution in [-0.4, -0.2) is 28.9 Å². The summed E-state index contributed by atoms with van der Waals surface area (Å²) in [5.41, 5.74) is 2.27. The molecule has 24 heavy (non-hydrogen) atoms. The van der Waals surface area contributed by atoms with Gasteiger partial charge in [0.05, 0.1) is 5.92 Å². The smallest absolute Gasteiger partial charge is 0.354 e. The van der Waals surface area contributed by atoms with Crippen molar-refractivity contribution in [2.24, 2.45) is 5.92 Å². The first-order chi connectivity index (χ1) is 11.3. The standard InChI is InChI=1S/C17H21F3N2O2/c1-9-14-12(6-3-7-13(14)23)22-15(9)16(24)21-11-5-2-4-10(8-11)17(18,19)20/h10-11,22H,2-8H2,1H3,(H,21,24)/t10-,11-/m0/s1. The van der Waals surface area contributed by atoms with E-state index in [-0.39, 0.29) is 18.6 Å². The average molecular weight is 342 g/mol. The molecule has 2 aliphatic rings. The minimum absolute atomic E-state index is 0.0267. The van der Waals surface area contributed by atoms with E-state index in [1.165, 1.54) is 0 Å². The Hall–Kier alpha value is -1.79. The third kappa shape index (κ3) is 3.21. The number of amides is 1. The van der Waals surface area contributed by atoms with Gasteiger partial charge < -0.3 is 10.3 Å². The Kier molecular flexibility index (Phi) is 4.44. The van der Waals surface area contributed by atoms with E-state index in [4.69, 9.17) is 0 Å². The Labute approximate surface area is 138 Å². The molecule has 0 bridgehead atoms. The van der Waals surface area contributed by atoms with E-state index < -0.39 is 24.0 Å². The van der Waals surface area contributed by atoms with Crippen LogP contribution in [0.1, 0.15) is 70.6 Å². The van der Waals surface area contributed by atoms with Crippen molar-refractivity contribution in [3.63, 3.8) is 0 Å². The molecule has 4 nitrogen and oxygen atoms in total. The largest absolute Gasteiger partial charge is 0.391 e. The summed E-state index contributed by atoms with van der Waals surface area (Å²) in [5.74, 6) is -1.74. The van der Waals surface area contributed by atoms with Gasteiger partial charge in [-0.15, -0.1) is 0 Å². The number of H-pyrrole nitrogens is 1. The summed E-state index contributed by atoms with van der Waals surface area (Å²) < 4.78 is 38.6. The third-order valence-electron chi connectivity index (χ3n) is 5.14. The number of hydrogen-bond acceptors (Lipinski definition) is 2. The number of nitrogens with one attached hydrogen (secondary N) is 2. The molecule has 2 aliphatic carbocycles. The number of aromatic nitrogens is 1. The van der Waals surface area contributed by atoms with Crippen molar-refractivity contribution >= 4 is 11.7 Å². The van der Waals surface area contributed by atoms with Crippen LogP contribution in [0.15, 0.2) is 0 Å². The van der Waals surface area contributed by atoms with Crippen LogP contribution in [-0.2, 0) is 6.42 Å². The molecule has 0 radical (unpaired) electrons. The molecule has 1 aromatic heterocycles. The van der Waals surface area contributed by atoms with Crippen LogP contribution in [0.3, 0.4) is 0 Å². The molecule has 0 aromatic carbocycles. The molecule has 0 unspecified atom stereocenters. The quantitative estimate of drug-likeness (QED) is 0.861. The highest BCUT2D eigenvalue weighted by atomic mass is 19.4. The van der Waals surface area contributed by atoms with Gasteiger partial charge in [-0.25, -0.2) is 0 Å². The van der Waals surface area contributed by atoms with Gasteiger partial charge in [0, 0.05) is 23.7 Å². The highest BCUT2D eigenvalue weighted by molar-refractivity contribution is 6.04. The maximum atomic E-state index is 12.9. The lowest BCUT2D eigenvalue weighted by atomic mass is 9.85. The Bertz CT molecular complexity index is 664. The number of Topliss-reactive ketones (excluding diaryl/α,β-unsaturated/α-hetero) is 1. The van der Waals surface area contributed by atoms with E-state index in [1.54, 1.807) is 6.92 Å². The number of aromatic amines is 1. The number of hydrogen-bond donors (Lipinski definition) is 2. The minimum atomic E-state index is -4.21. The molecule has 0 aliphatic heterocycles. The van der Waals surface area contributed by atoms with E-state index in [1.807, 2.05) is 0 Å². The first-order valence-electron chi connectivity index (χ1n) is 8.39. The molecular formula is C17H21F3N2O2. The molecule has 1 amide bonds. The summed E-state index contributed by atoms with van der Waals surface area (Å²) in [6, 6.07) is -0.478. The summed E-state index contributed by atoms with van der Waals surface area (Å²) in [6.07, 6.45) is -1.21. The van der Waals surface area contributed by atoms with Gasteiger partial charge in [0.25, 0.3) is 5.91 Å². The van der Waals surface area contributed by atoms with Crippen LogP contribution >= 0.6 is 0 Å². The van der Waals surface area contributed by atoms with Crippen LogP contribution < -0.4 is 5.32 Å². The summed E-state index contributed by atoms with van der Waals surface area (Å²) in [6.45, 7) is 1.72. The summed E-state index contributed by atoms with van der Waals surface area (Å²) in [5, 5.41) is 2.72. The zero-order valence-corrected chi connectivity index (χ0v) is 13.6. The van der Waals surface area contributed by atoms with Gasteiger partial charge in [-0.2, -0.15) is 13.2 Å². The monoisotopic (exact) mass is 342 g/mol. The lowest BCUT2D eigenvalue weighted by Crippen LogP contribution is -2.41. The maximum Gasteiger partial charge on any atom is 0.391 e. The van der Waals surface area contributed by atoms with Crippen molar-refractivity contribution in [1.82, 2.24) is 10.3 Å². The molecule has 1 aromatic rings. The van der Waals surface area contributed by atoms with Crippen molar-refractivity contribution in [2.45, 2.75) is 64.1 Å². The summed E-state index contributed by atoms with van der Waals surface area (Å²) in [7, 11) is 0.